The van der Waals surface area contributed by atoms with E-state index < -0.39 is 5.91 Å². The summed E-state index contributed by atoms with van der Waals surface area (Å²) in [4.78, 5) is 25.9. The number of hydrogen-bond acceptors (Lipinski definition) is 6. The normalized spacial score (nSPS) is 10.8. The second-order valence-corrected chi connectivity index (χ2v) is 7.02. The lowest BCUT2D eigenvalue weighted by Gasteiger charge is -2.07. The van der Waals surface area contributed by atoms with Crippen LogP contribution in [-0.4, -0.2) is 21.4 Å². The van der Waals surface area contributed by atoms with Crippen molar-refractivity contribution >= 4 is 45.7 Å². The standard InChI is InChI=1S/C20H16N4O3S/c1-11-7-9-13(10-8-11)21-19(25)17-16(14-5-3-4-6-15(14)27-17)22-20(26)18-12(2)23-24-28-18/h3-10H,1-2H3,(H,21,25)(H,22,26). The van der Waals surface area contributed by atoms with Crippen molar-refractivity contribution in [3.8, 4) is 0 Å². The van der Waals surface area contributed by atoms with E-state index in [4.69, 9.17) is 4.42 Å². The summed E-state index contributed by atoms with van der Waals surface area (Å²) in [6.07, 6.45) is 0. The van der Waals surface area contributed by atoms with Crippen LogP contribution in [0.1, 0.15) is 31.5 Å². The van der Waals surface area contributed by atoms with Crippen LogP contribution in [0.4, 0.5) is 11.4 Å². The maximum atomic E-state index is 12.8. The fourth-order valence-electron chi connectivity index (χ4n) is 2.76. The molecule has 0 spiro atoms. The van der Waals surface area contributed by atoms with Crippen LogP contribution >= 0.6 is 11.5 Å². The summed E-state index contributed by atoms with van der Waals surface area (Å²) in [5, 5.41) is 10.1. The molecule has 0 aliphatic carbocycles. The van der Waals surface area contributed by atoms with E-state index in [-0.39, 0.29) is 11.7 Å². The molecule has 7 nitrogen and oxygen atoms in total. The average Bonchev–Trinajstić information content (AvgIpc) is 3.27. The van der Waals surface area contributed by atoms with Crippen molar-refractivity contribution in [1.82, 2.24) is 9.59 Å². The average molecular weight is 392 g/mol. The molecule has 4 rings (SSSR count). The molecule has 0 aliphatic rings. The second-order valence-electron chi connectivity index (χ2n) is 6.26. The Bertz CT molecular complexity index is 1180. The monoisotopic (exact) mass is 392 g/mol. The quantitative estimate of drug-likeness (QED) is 0.536. The number of hydrogen-bond donors (Lipinski definition) is 2. The first kappa shape index (κ1) is 17.9. The van der Waals surface area contributed by atoms with Gasteiger partial charge in [0.15, 0.2) is 0 Å². The van der Waals surface area contributed by atoms with Crippen LogP contribution in [0.3, 0.4) is 0 Å². The highest BCUT2D eigenvalue weighted by molar-refractivity contribution is 7.08. The van der Waals surface area contributed by atoms with E-state index in [2.05, 4.69) is 20.2 Å². The second kappa shape index (κ2) is 7.24. The van der Waals surface area contributed by atoms with Crippen LogP contribution in [0.15, 0.2) is 52.9 Å². The maximum absolute atomic E-state index is 12.8. The minimum absolute atomic E-state index is 0.0326. The molecule has 8 heteroatoms. The SMILES string of the molecule is Cc1ccc(NC(=O)c2oc3ccccc3c2NC(=O)c2snnc2C)cc1. The van der Waals surface area contributed by atoms with Crippen molar-refractivity contribution in [3.05, 3.63) is 70.4 Å². The first-order valence-electron chi connectivity index (χ1n) is 8.53. The summed E-state index contributed by atoms with van der Waals surface area (Å²) < 4.78 is 9.53. The molecule has 2 aromatic heterocycles. The van der Waals surface area contributed by atoms with E-state index in [1.807, 2.05) is 25.1 Å². The fourth-order valence-corrected chi connectivity index (χ4v) is 3.32. The Morgan fingerprint density at radius 1 is 0.964 bits per heavy atom. The molecule has 4 aromatic rings. The number of anilines is 2. The smallest absolute Gasteiger partial charge is 0.293 e. The van der Waals surface area contributed by atoms with Gasteiger partial charge >= 0.3 is 0 Å². The van der Waals surface area contributed by atoms with Crippen molar-refractivity contribution in [2.45, 2.75) is 13.8 Å². The molecule has 28 heavy (non-hydrogen) atoms. The summed E-state index contributed by atoms with van der Waals surface area (Å²) in [6, 6.07) is 14.6. The lowest BCUT2D eigenvalue weighted by Crippen LogP contribution is -2.17. The number of aryl methyl sites for hydroxylation is 2. The van der Waals surface area contributed by atoms with E-state index in [0.717, 1.165) is 17.1 Å². The molecule has 0 saturated heterocycles. The summed E-state index contributed by atoms with van der Waals surface area (Å²) in [5.74, 6) is -0.803. The van der Waals surface area contributed by atoms with Gasteiger partial charge in [0, 0.05) is 11.1 Å². The maximum Gasteiger partial charge on any atom is 0.293 e. The number of furan rings is 1. The zero-order valence-corrected chi connectivity index (χ0v) is 16.0. The molecule has 2 aromatic carbocycles. The molecule has 0 radical (unpaired) electrons. The summed E-state index contributed by atoms with van der Waals surface area (Å²) in [7, 11) is 0. The number of amides is 2. The third-order valence-corrected chi connectivity index (χ3v) is 5.03. The summed E-state index contributed by atoms with van der Waals surface area (Å²) in [5.41, 5.74) is 3.07. The van der Waals surface area contributed by atoms with Crippen molar-refractivity contribution in [2.75, 3.05) is 10.6 Å². The van der Waals surface area contributed by atoms with Gasteiger partial charge in [-0.05, 0) is 49.6 Å². The van der Waals surface area contributed by atoms with Crippen LogP contribution in [0.25, 0.3) is 11.0 Å². The topological polar surface area (TPSA) is 97.1 Å². The van der Waals surface area contributed by atoms with Gasteiger partial charge in [0.2, 0.25) is 5.76 Å². The zero-order valence-electron chi connectivity index (χ0n) is 15.1. The molecule has 2 N–H and O–H groups in total. The molecular formula is C20H16N4O3S. The molecule has 2 heterocycles. The highest BCUT2D eigenvalue weighted by atomic mass is 32.1. The lowest BCUT2D eigenvalue weighted by molar-refractivity contribution is 0.1000. The molecule has 0 saturated carbocycles. The lowest BCUT2D eigenvalue weighted by atomic mass is 10.2. The Balaban J connectivity index is 1.70. The van der Waals surface area contributed by atoms with Crippen LogP contribution in [0, 0.1) is 13.8 Å². The Morgan fingerprint density at radius 3 is 2.43 bits per heavy atom. The number of aromatic nitrogens is 2. The van der Waals surface area contributed by atoms with Gasteiger partial charge in [-0.1, -0.05) is 34.3 Å². The van der Waals surface area contributed by atoms with E-state index >= 15 is 0 Å². The first-order valence-corrected chi connectivity index (χ1v) is 9.30. The highest BCUT2D eigenvalue weighted by Gasteiger charge is 2.24. The number of benzene rings is 2. The molecule has 140 valence electrons. The Hall–Kier alpha value is -3.52. The van der Waals surface area contributed by atoms with E-state index in [9.17, 15) is 9.59 Å². The number of rotatable bonds is 4. The van der Waals surface area contributed by atoms with Crippen LogP contribution in [0.2, 0.25) is 0 Å². The molecule has 0 unspecified atom stereocenters. The molecule has 0 aliphatic heterocycles. The largest absolute Gasteiger partial charge is 0.449 e. The van der Waals surface area contributed by atoms with Gasteiger partial charge in [-0.15, -0.1) is 5.10 Å². The Labute approximate surface area is 164 Å². The van der Waals surface area contributed by atoms with Crippen molar-refractivity contribution in [1.29, 1.82) is 0 Å². The van der Waals surface area contributed by atoms with Crippen molar-refractivity contribution < 1.29 is 14.0 Å². The fraction of sp³-hybridized carbons (Fsp3) is 0.100. The van der Waals surface area contributed by atoms with E-state index in [0.29, 0.717) is 32.9 Å². The third kappa shape index (κ3) is 3.37. The zero-order chi connectivity index (χ0) is 19.7. The van der Waals surface area contributed by atoms with Gasteiger partial charge in [0.25, 0.3) is 11.8 Å². The third-order valence-electron chi connectivity index (χ3n) is 4.21. The predicted molar refractivity (Wildman–Crippen MR) is 108 cm³/mol. The Kier molecular flexibility index (Phi) is 4.62. The summed E-state index contributed by atoms with van der Waals surface area (Å²) >= 11 is 0.999. The van der Waals surface area contributed by atoms with Crippen molar-refractivity contribution in [2.24, 2.45) is 0 Å². The molecule has 0 bridgehead atoms. The van der Waals surface area contributed by atoms with Crippen molar-refractivity contribution in [3.63, 3.8) is 0 Å². The molecule has 0 atom stereocenters. The minimum Gasteiger partial charge on any atom is -0.449 e. The minimum atomic E-state index is -0.450. The number of nitrogens with zero attached hydrogens (tertiary/aromatic N) is 2. The number of fused-ring (bicyclic) bond motifs is 1. The van der Waals surface area contributed by atoms with Gasteiger partial charge in [-0.3, -0.25) is 9.59 Å². The van der Waals surface area contributed by atoms with E-state index in [1.165, 1.54) is 0 Å². The van der Waals surface area contributed by atoms with Crippen LogP contribution in [0.5, 0.6) is 0 Å². The Morgan fingerprint density at radius 2 is 1.71 bits per heavy atom. The summed E-state index contributed by atoms with van der Waals surface area (Å²) in [6.45, 7) is 3.67. The van der Waals surface area contributed by atoms with Gasteiger partial charge in [-0.2, -0.15) is 0 Å². The highest BCUT2D eigenvalue weighted by Crippen LogP contribution is 2.32. The molecule has 2 amide bonds. The van der Waals surface area contributed by atoms with Crippen LogP contribution in [-0.2, 0) is 0 Å². The predicted octanol–water partition coefficient (Wildman–Crippen LogP) is 4.41. The van der Waals surface area contributed by atoms with E-state index in [1.54, 1.807) is 37.3 Å². The number of para-hydroxylation sites is 1. The van der Waals surface area contributed by atoms with Crippen LogP contribution < -0.4 is 10.6 Å². The molecule has 0 fully saturated rings. The van der Waals surface area contributed by atoms with Gasteiger partial charge in [0.1, 0.15) is 16.1 Å². The van der Waals surface area contributed by atoms with Gasteiger partial charge in [-0.25, -0.2) is 0 Å². The number of carbonyl (C=O) groups is 2. The number of nitrogens with one attached hydrogen (secondary N) is 2. The number of carbonyl (C=O) groups excluding carboxylic acids is 2. The van der Waals surface area contributed by atoms with Gasteiger partial charge < -0.3 is 15.1 Å². The molecular weight excluding hydrogens is 376 g/mol. The first-order chi connectivity index (χ1) is 13.5. The van der Waals surface area contributed by atoms with Gasteiger partial charge in [0.05, 0.1) is 5.69 Å².